The van der Waals surface area contributed by atoms with Gasteiger partial charge in [0, 0.05) is 37.3 Å². The van der Waals surface area contributed by atoms with Gasteiger partial charge < -0.3 is 31.5 Å². The summed E-state index contributed by atoms with van der Waals surface area (Å²) >= 11 is 0. The second kappa shape index (κ2) is 14.9. The van der Waals surface area contributed by atoms with E-state index in [4.69, 9.17) is 21.6 Å². The van der Waals surface area contributed by atoms with Gasteiger partial charge in [0.05, 0.1) is 4.90 Å². The summed E-state index contributed by atoms with van der Waals surface area (Å²) in [5, 5.41) is 20.9. The van der Waals surface area contributed by atoms with Gasteiger partial charge in [-0.05, 0) is 59.4 Å². The van der Waals surface area contributed by atoms with Crippen molar-refractivity contribution < 1.29 is 27.9 Å². The smallest absolute Gasteiger partial charge is 0.411 e. The number of benzene rings is 2. The molecule has 1 aliphatic rings. The van der Waals surface area contributed by atoms with Gasteiger partial charge in [0.15, 0.2) is 0 Å². The summed E-state index contributed by atoms with van der Waals surface area (Å²) in [6, 6.07) is 7.02. The summed E-state index contributed by atoms with van der Waals surface area (Å²) in [6.45, 7) is 14.9. The molecular formula is C32H48ClN5O6S. The number of amidine groups is 1. The number of rotatable bonds is 11. The van der Waals surface area contributed by atoms with E-state index in [2.05, 4.69) is 5.32 Å². The molecule has 0 spiro atoms. The highest BCUT2D eigenvalue weighted by atomic mass is 35.5. The first-order valence-corrected chi connectivity index (χ1v) is 16.5. The Labute approximate surface area is 272 Å². The number of carbonyl (C=O) groups excluding carboxylic acids is 1. The van der Waals surface area contributed by atoms with Crippen LogP contribution in [0.25, 0.3) is 0 Å². The molecule has 0 bridgehead atoms. The summed E-state index contributed by atoms with van der Waals surface area (Å²) in [5.41, 5.74) is 14.4. The topological polar surface area (TPSA) is 189 Å². The molecule has 2 aromatic rings. The van der Waals surface area contributed by atoms with Crippen LogP contribution in [0.15, 0.2) is 35.2 Å². The molecule has 1 amide bonds. The number of hydrogen-bond donors (Lipinski definition) is 5. The predicted octanol–water partition coefficient (Wildman–Crippen LogP) is 4.41. The zero-order chi connectivity index (χ0) is 33.1. The lowest BCUT2D eigenvalue weighted by Gasteiger charge is -2.36. The molecule has 2 aromatic carbocycles. The summed E-state index contributed by atoms with van der Waals surface area (Å²) < 4.78 is 36.5. The third-order valence-corrected chi connectivity index (χ3v) is 10.5. The number of carboxylic acid groups (broad SMARTS) is 1. The van der Waals surface area contributed by atoms with E-state index < -0.39 is 38.7 Å². The van der Waals surface area contributed by atoms with Crippen LogP contribution in [0.1, 0.15) is 99.6 Å². The van der Waals surface area contributed by atoms with Crippen molar-refractivity contribution in [1.82, 2.24) is 10.2 Å². The number of nitrogens with two attached hydrogens (primary N) is 2. The van der Waals surface area contributed by atoms with Gasteiger partial charge in [-0.25, -0.2) is 13.2 Å². The second-order valence-corrected chi connectivity index (χ2v) is 14.7. The first kappa shape index (κ1) is 38.0. The maximum Gasteiger partial charge on any atom is 0.411 e. The normalized spacial score (nSPS) is 15.8. The van der Waals surface area contributed by atoms with Crippen LogP contribution in [-0.4, -0.2) is 68.5 Å². The lowest BCUT2D eigenvalue weighted by Crippen LogP contribution is -2.50. The summed E-state index contributed by atoms with van der Waals surface area (Å²) in [6.07, 6.45) is -0.883. The summed E-state index contributed by atoms with van der Waals surface area (Å²) in [5.74, 6) is -1.89. The van der Waals surface area contributed by atoms with Crippen LogP contribution in [-0.2, 0) is 30.7 Å². The highest BCUT2D eigenvalue weighted by Gasteiger charge is 2.50. The quantitative estimate of drug-likeness (QED) is 0.171. The minimum Gasteiger partial charge on any atom is -0.480 e. The number of nitrogens with zero attached hydrogens (tertiary/aromatic N) is 1. The van der Waals surface area contributed by atoms with E-state index in [1.54, 1.807) is 0 Å². The van der Waals surface area contributed by atoms with E-state index >= 15 is 8.42 Å². The predicted molar refractivity (Wildman–Crippen MR) is 178 cm³/mol. The van der Waals surface area contributed by atoms with Crippen LogP contribution < -0.4 is 16.8 Å². The van der Waals surface area contributed by atoms with Crippen molar-refractivity contribution in [2.75, 3.05) is 26.2 Å². The molecule has 11 nitrogen and oxygen atoms in total. The highest BCUT2D eigenvalue weighted by Crippen LogP contribution is 2.45. The van der Waals surface area contributed by atoms with Gasteiger partial charge in [0.25, 0.3) is 0 Å². The van der Waals surface area contributed by atoms with Crippen molar-refractivity contribution in [2.45, 2.75) is 88.5 Å². The number of ether oxygens (including phenoxy) is 1. The van der Waals surface area contributed by atoms with Crippen molar-refractivity contribution >= 4 is 40.1 Å². The molecule has 1 unspecified atom stereocenters. The van der Waals surface area contributed by atoms with Crippen LogP contribution in [0.4, 0.5) is 4.79 Å². The van der Waals surface area contributed by atoms with Crippen LogP contribution in [0.5, 0.6) is 0 Å². The van der Waals surface area contributed by atoms with E-state index in [0.717, 1.165) is 5.56 Å². The molecule has 45 heavy (non-hydrogen) atoms. The number of sulfone groups is 1. The van der Waals surface area contributed by atoms with Gasteiger partial charge in [-0.2, -0.15) is 0 Å². The SMILES string of the molecule is CC(C)c1cc(C(C)C)c(S(=O)(=O)C(C)(OC(=O)N2CCNCC2)c2ccc(C[C@H](N)C(=O)O)cc2C(=N)N)c(C(C)C)c1.Cl. The zero-order valence-corrected chi connectivity index (χ0v) is 28.8. The third kappa shape index (κ3) is 7.97. The van der Waals surface area contributed by atoms with E-state index in [-0.39, 0.29) is 52.6 Å². The number of halogens is 1. The number of carboxylic acids is 1. The average molecular weight is 666 g/mol. The van der Waals surface area contributed by atoms with Crippen molar-refractivity contribution in [1.29, 1.82) is 5.41 Å². The molecule has 13 heteroatoms. The third-order valence-electron chi connectivity index (χ3n) is 8.15. The lowest BCUT2D eigenvalue weighted by atomic mass is 9.89. The van der Waals surface area contributed by atoms with Gasteiger partial charge in [0.2, 0.25) is 14.8 Å². The van der Waals surface area contributed by atoms with E-state index in [1.165, 1.54) is 30.0 Å². The Balaban J connectivity index is 0.00000705. The van der Waals surface area contributed by atoms with Gasteiger partial charge in [-0.15, -0.1) is 12.4 Å². The molecule has 3 rings (SSSR count). The van der Waals surface area contributed by atoms with Crippen LogP contribution in [0.2, 0.25) is 0 Å². The average Bonchev–Trinajstić information content (AvgIpc) is 2.96. The first-order valence-electron chi connectivity index (χ1n) is 15.0. The molecule has 1 fully saturated rings. The Morgan fingerprint density at radius 3 is 2.00 bits per heavy atom. The van der Waals surface area contributed by atoms with Gasteiger partial charge in [-0.1, -0.05) is 65.8 Å². The Bertz CT molecular complexity index is 1490. The van der Waals surface area contributed by atoms with Crippen LogP contribution in [0, 0.1) is 5.41 Å². The number of carbonyl (C=O) groups is 2. The Morgan fingerprint density at radius 2 is 1.56 bits per heavy atom. The van der Waals surface area contributed by atoms with E-state index in [1.807, 2.05) is 53.7 Å². The first-order chi connectivity index (χ1) is 20.4. The maximum absolute atomic E-state index is 15.2. The van der Waals surface area contributed by atoms with Gasteiger partial charge in [-0.3, -0.25) is 10.2 Å². The molecule has 0 saturated carbocycles. The molecule has 250 valence electrons. The molecule has 2 atom stereocenters. The molecule has 1 aliphatic heterocycles. The number of nitrogen functional groups attached to an aromatic ring is 1. The molecule has 0 radical (unpaired) electrons. The van der Waals surface area contributed by atoms with Crippen molar-refractivity contribution in [3.63, 3.8) is 0 Å². The largest absolute Gasteiger partial charge is 0.480 e. The molecular weight excluding hydrogens is 618 g/mol. The molecule has 0 aromatic heterocycles. The zero-order valence-electron chi connectivity index (χ0n) is 27.1. The van der Waals surface area contributed by atoms with Crippen LogP contribution in [0.3, 0.4) is 0 Å². The number of aliphatic carboxylic acids is 1. The summed E-state index contributed by atoms with van der Waals surface area (Å²) in [4.78, 5) is 24.3. The lowest BCUT2D eigenvalue weighted by molar-refractivity contribution is -0.138. The fraction of sp³-hybridized carbons (Fsp3) is 0.531. The number of nitrogens with one attached hydrogen (secondary N) is 2. The van der Waals surface area contributed by atoms with Crippen LogP contribution >= 0.6 is 12.4 Å². The Morgan fingerprint density at radius 1 is 1.02 bits per heavy atom. The summed E-state index contributed by atoms with van der Waals surface area (Å²) in [7, 11) is -4.54. The molecule has 7 N–H and O–H groups in total. The standard InChI is InChI=1S/C32H47N5O6S.ClH/c1-18(2)22-16-23(19(3)4)28(24(17-22)20(5)6)44(41,42)32(7,43-31(40)37-12-10-36-11-13-37)26-9-8-21(14-25(26)29(34)35)15-27(33)30(38)39;/h8-9,14,16-20,27,36H,10-13,15,33H2,1-7H3,(H3,34,35)(H,38,39);1H/t27-,32?;/m0./s1. The number of piperazine rings is 1. The maximum atomic E-state index is 15.2. The molecule has 1 heterocycles. The van der Waals surface area contributed by atoms with Gasteiger partial charge >= 0.3 is 12.1 Å². The molecule has 0 aliphatic carbocycles. The van der Waals surface area contributed by atoms with E-state index in [9.17, 15) is 14.7 Å². The minimum absolute atomic E-state index is 0. The van der Waals surface area contributed by atoms with Crippen molar-refractivity contribution in [3.8, 4) is 0 Å². The minimum atomic E-state index is -4.54. The highest BCUT2D eigenvalue weighted by molar-refractivity contribution is 7.92. The molecule has 1 saturated heterocycles. The number of hydrogen-bond acceptors (Lipinski definition) is 8. The second-order valence-electron chi connectivity index (χ2n) is 12.5. The monoisotopic (exact) mass is 665 g/mol. The fourth-order valence-electron chi connectivity index (χ4n) is 5.41. The fourth-order valence-corrected chi connectivity index (χ4v) is 7.65. The number of amides is 1. The van der Waals surface area contributed by atoms with E-state index in [0.29, 0.717) is 42.9 Å². The van der Waals surface area contributed by atoms with Gasteiger partial charge in [0.1, 0.15) is 11.9 Å². The van der Waals surface area contributed by atoms with Crippen molar-refractivity contribution in [3.05, 3.63) is 63.7 Å². The van der Waals surface area contributed by atoms with Crippen molar-refractivity contribution in [2.24, 2.45) is 11.5 Å². The Kier molecular flexibility index (Phi) is 12.6. The Hall–Kier alpha value is -3.19.